The Morgan fingerprint density at radius 3 is 2.58 bits per heavy atom. The molecule has 0 unspecified atom stereocenters. The van der Waals surface area contributed by atoms with Crippen molar-refractivity contribution < 1.29 is 13.2 Å². The van der Waals surface area contributed by atoms with Gasteiger partial charge in [-0.1, -0.05) is 0 Å². The molecule has 0 amide bonds. The van der Waals surface area contributed by atoms with Gasteiger partial charge in [0, 0.05) is 35.4 Å². The first kappa shape index (κ1) is 22.5. The van der Waals surface area contributed by atoms with Crippen LogP contribution in [0.1, 0.15) is 19.5 Å². The number of hydrogen-bond donors (Lipinski definition) is 3. The molecule has 2 heterocycles. The summed E-state index contributed by atoms with van der Waals surface area (Å²) < 4.78 is 30.9. The minimum absolute atomic E-state index is 0.223. The van der Waals surface area contributed by atoms with E-state index < -0.39 is 15.1 Å². The van der Waals surface area contributed by atoms with Crippen LogP contribution in [0.5, 0.6) is 5.75 Å². The van der Waals surface area contributed by atoms with E-state index >= 15 is 0 Å². The Morgan fingerprint density at radius 2 is 1.88 bits per heavy atom. The largest absolute Gasteiger partial charge is 0.496 e. The summed E-state index contributed by atoms with van der Waals surface area (Å²) >= 11 is 0. The number of aromatic amines is 1. The van der Waals surface area contributed by atoms with E-state index in [1.54, 1.807) is 52.4 Å². The molecular formula is C23H26N6O3S. The van der Waals surface area contributed by atoms with Gasteiger partial charge in [0.25, 0.3) is 0 Å². The van der Waals surface area contributed by atoms with Crippen molar-refractivity contribution in [2.75, 3.05) is 24.8 Å². The smallest absolute Gasteiger partial charge is 0.229 e. The molecule has 2 aromatic carbocycles. The van der Waals surface area contributed by atoms with E-state index in [9.17, 15) is 8.42 Å². The van der Waals surface area contributed by atoms with E-state index in [4.69, 9.17) is 4.74 Å². The van der Waals surface area contributed by atoms with Crippen molar-refractivity contribution in [2.45, 2.75) is 30.9 Å². The average molecular weight is 467 g/mol. The number of rotatable bonds is 7. The minimum Gasteiger partial charge on any atom is -0.496 e. The van der Waals surface area contributed by atoms with Crippen molar-refractivity contribution in [3.63, 3.8) is 0 Å². The van der Waals surface area contributed by atoms with Crippen LogP contribution >= 0.6 is 0 Å². The first-order valence-electron chi connectivity index (χ1n) is 10.4. The lowest BCUT2D eigenvalue weighted by Crippen LogP contribution is -2.14. The third-order valence-electron chi connectivity index (χ3n) is 5.45. The summed E-state index contributed by atoms with van der Waals surface area (Å²) in [5.74, 6) is 1.45. The molecule has 0 aliphatic carbocycles. The second-order valence-corrected chi connectivity index (χ2v) is 10.4. The fourth-order valence-electron chi connectivity index (χ4n) is 3.54. The van der Waals surface area contributed by atoms with Gasteiger partial charge in [0.1, 0.15) is 11.6 Å². The van der Waals surface area contributed by atoms with E-state index in [2.05, 4.69) is 30.8 Å². The topological polar surface area (TPSA) is 122 Å². The highest BCUT2D eigenvalue weighted by molar-refractivity contribution is 7.92. The summed E-state index contributed by atoms with van der Waals surface area (Å²) in [5, 5.41) is 14.0. The number of methoxy groups -OCH3 is 1. The highest BCUT2D eigenvalue weighted by atomic mass is 32.2. The molecular weight excluding hydrogens is 440 g/mol. The van der Waals surface area contributed by atoms with Crippen LogP contribution < -0.4 is 15.4 Å². The second kappa shape index (κ2) is 8.70. The van der Waals surface area contributed by atoms with Crippen LogP contribution in [0.3, 0.4) is 0 Å². The second-order valence-electron chi connectivity index (χ2n) is 7.86. The molecule has 4 aromatic rings. The van der Waals surface area contributed by atoms with Crippen LogP contribution in [0, 0.1) is 6.92 Å². The van der Waals surface area contributed by atoms with E-state index in [1.807, 2.05) is 25.1 Å². The number of nitrogens with zero attached hydrogens (tertiary/aromatic N) is 3. The Labute approximate surface area is 192 Å². The SMILES string of the molecule is CNc1nc(Nc2ccc3c(C)n[nH]c3c2)ncc1-c1cc(S(=O)(=O)C(C)C)ccc1OC. The number of hydrogen-bond acceptors (Lipinski definition) is 8. The van der Waals surface area contributed by atoms with Crippen molar-refractivity contribution in [1.82, 2.24) is 20.2 Å². The van der Waals surface area contributed by atoms with Gasteiger partial charge in [-0.25, -0.2) is 13.4 Å². The van der Waals surface area contributed by atoms with Gasteiger partial charge >= 0.3 is 0 Å². The fraction of sp³-hybridized carbons (Fsp3) is 0.261. The van der Waals surface area contributed by atoms with Gasteiger partial charge in [-0.3, -0.25) is 5.10 Å². The molecule has 0 spiro atoms. The molecule has 33 heavy (non-hydrogen) atoms. The van der Waals surface area contributed by atoms with Crippen molar-refractivity contribution in [3.8, 4) is 16.9 Å². The molecule has 0 saturated carbocycles. The third-order valence-corrected chi connectivity index (χ3v) is 7.60. The summed E-state index contributed by atoms with van der Waals surface area (Å²) in [6.45, 7) is 5.26. The summed E-state index contributed by atoms with van der Waals surface area (Å²) in [7, 11) is -0.168. The highest BCUT2D eigenvalue weighted by Crippen LogP contribution is 2.36. The van der Waals surface area contributed by atoms with E-state index in [1.165, 1.54) is 0 Å². The number of ether oxygens (including phenoxy) is 1. The number of H-pyrrole nitrogens is 1. The Hall–Kier alpha value is -3.66. The van der Waals surface area contributed by atoms with Crippen LogP contribution in [-0.2, 0) is 9.84 Å². The number of nitrogens with one attached hydrogen (secondary N) is 3. The minimum atomic E-state index is -3.45. The number of aromatic nitrogens is 4. The normalized spacial score (nSPS) is 11.7. The van der Waals surface area contributed by atoms with Gasteiger partial charge in [-0.05, 0) is 57.2 Å². The standard InChI is InChI=1S/C23H26N6O3S/c1-13(2)33(30,31)16-7-9-21(32-5)18(11-16)19-12-25-23(27-22(19)24-4)26-15-6-8-17-14(3)28-29-20(17)10-15/h6-13H,1-5H3,(H,28,29)(H2,24,25,26,27). The quantitative estimate of drug-likeness (QED) is 0.368. The van der Waals surface area contributed by atoms with Crippen molar-refractivity contribution in [1.29, 1.82) is 0 Å². The van der Waals surface area contributed by atoms with Gasteiger partial charge < -0.3 is 15.4 Å². The summed E-state index contributed by atoms with van der Waals surface area (Å²) in [6, 6.07) is 10.7. The predicted octanol–water partition coefficient (Wildman–Crippen LogP) is 4.30. The molecule has 0 aliphatic rings. The lowest BCUT2D eigenvalue weighted by Gasteiger charge is -2.16. The maximum atomic E-state index is 12.7. The molecule has 2 aromatic heterocycles. The Kier molecular flexibility index (Phi) is 5.94. The third kappa shape index (κ3) is 4.21. The number of sulfone groups is 1. The fourth-order valence-corrected chi connectivity index (χ4v) is 4.62. The van der Waals surface area contributed by atoms with Crippen LogP contribution in [0.25, 0.3) is 22.0 Å². The lowest BCUT2D eigenvalue weighted by atomic mass is 10.1. The summed E-state index contributed by atoms with van der Waals surface area (Å²) in [5.41, 5.74) is 3.87. The number of anilines is 3. The van der Waals surface area contributed by atoms with E-state index in [-0.39, 0.29) is 4.90 Å². The van der Waals surface area contributed by atoms with Crippen LogP contribution in [-0.4, -0.2) is 48.0 Å². The molecule has 0 atom stereocenters. The first-order chi connectivity index (χ1) is 15.7. The van der Waals surface area contributed by atoms with Gasteiger partial charge in [-0.15, -0.1) is 0 Å². The van der Waals surface area contributed by atoms with Gasteiger partial charge in [-0.2, -0.15) is 10.1 Å². The van der Waals surface area contributed by atoms with Crippen molar-refractivity contribution in [2.24, 2.45) is 0 Å². The molecule has 0 saturated heterocycles. The number of benzene rings is 2. The molecule has 4 rings (SSSR count). The van der Waals surface area contributed by atoms with Gasteiger partial charge in [0.05, 0.1) is 28.5 Å². The molecule has 10 heteroatoms. The van der Waals surface area contributed by atoms with Gasteiger partial charge in [0.2, 0.25) is 5.95 Å². The zero-order valence-electron chi connectivity index (χ0n) is 19.1. The van der Waals surface area contributed by atoms with E-state index in [0.29, 0.717) is 28.6 Å². The maximum Gasteiger partial charge on any atom is 0.229 e. The molecule has 3 N–H and O–H groups in total. The molecule has 0 aliphatic heterocycles. The average Bonchev–Trinajstić information content (AvgIpc) is 3.18. The molecule has 9 nitrogen and oxygen atoms in total. The lowest BCUT2D eigenvalue weighted by molar-refractivity contribution is 0.416. The number of aryl methyl sites for hydroxylation is 1. The van der Waals surface area contributed by atoms with E-state index in [0.717, 1.165) is 22.3 Å². The Morgan fingerprint density at radius 1 is 1.09 bits per heavy atom. The van der Waals surface area contributed by atoms with Crippen LogP contribution in [0.2, 0.25) is 0 Å². The summed E-state index contributed by atoms with van der Waals surface area (Å²) in [4.78, 5) is 9.26. The molecule has 172 valence electrons. The molecule has 0 bridgehead atoms. The predicted molar refractivity (Wildman–Crippen MR) is 130 cm³/mol. The maximum absolute atomic E-state index is 12.7. The zero-order chi connectivity index (χ0) is 23.8. The monoisotopic (exact) mass is 466 g/mol. The highest BCUT2D eigenvalue weighted by Gasteiger charge is 2.22. The molecule has 0 fully saturated rings. The van der Waals surface area contributed by atoms with Gasteiger partial charge in [0.15, 0.2) is 9.84 Å². The van der Waals surface area contributed by atoms with Crippen LogP contribution in [0.15, 0.2) is 47.5 Å². The number of fused-ring (bicyclic) bond motifs is 1. The van der Waals surface area contributed by atoms with Crippen molar-refractivity contribution in [3.05, 3.63) is 48.3 Å². The summed E-state index contributed by atoms with van der Waals surface area (Å²) in [6.07, 6.45) is 1.64. The zero-order valence-corrected chi connectivity index (χ0v) is 19.9. The van der Waals surface area contributed by atoms with Crippen LogP contribution in [0.4, 0.5) is 17.5 Å². The Balaban J connectivity index is 1.73. The van der Waals surface area contributed by atoms with Crippen molar-refractivity contribution >= 4 is 38.2 Å². The Bertz CT molecular complexity index is 1430. The first-order valence-corrected chi connectivity index (χ1v) is 12.0. The molecule has 0 radical (unpaired) electrons.